The van der Waals surface area contributed by atoms with Crippen LogP contribution in [0.2, 0.25) is 0 Å². The zero-order valence-electron chi connectivity index (χ0n) is 11.9. The maximum atomic E-state index is 11.4. The van der Waals surface area contributed by atoms with E-state index in [0.29, 0.717) is 12.0 Å². The van der Waals surface area contributed by atoms with Crippen molar-refractivity contribution >= 4 is 5.97 Å². The van der Waals surface area contributed by atoms with Gasteiger partial charge in [0.1, 0.15) is 0 Å². The van der Waals surface area contributed by atoms with E-state index in [0.717, 1.165) is 28.7 Å². The second kappa shape index (κ2) is 6.71. The highest BCUT2D eigenvalue weighted by molar-refractivity contribution is 5.96. The molecule has 0 heterocycles. The molecular formula is C19H18O2. The molecule has 0 amide bonds. The molecule has 21 heavy (non-hydrogen) atoms. The van der Waals surface area contributed by atoms with E-state index in [-0.39, 0.29) is 0 Å². The number of hydrogen-bond acceptors (Lipinski definition) is 1. The first-order chi connectivity index (χ1) is 10.2. The number of carbonyl (C=O) groups is 1. The van der Waals surface area contributed by atoms with Crippen LogP contribution in [0.1, 0.15) is 21.5 Å². The zero-order valence-corrected chi connectivity index (χ0v) is 11.9. The fourth-order valence-electron chi connectivity index (χ4n) is 2.52. The lowest BCUT2D eigenvalue weighted by molar-refractivity contribution is 0.0697. The Morgan fingerprint density at radius 1 is 0.952 bits per heavy atom. The molecule has 106 valence electrons. The number of aromatic carboxylic acids is 1. The summed E-state index contributed by atoms with van der Waals surface area (Å²) < 4.78 is 0. The Balaban J connectivity index is 2.68. The van der Waals surface area contributed by atoms with E-state index in [1.807, 2.05) is 42.5 Å². The summed E-state index contributed by atoms with van der Waals surface area (Å²) >= 11 is 0. The van der Waals surface area contributed by atoms with Gasteiger partial charge in [-0.2, -0.15) is 0 Å². The third-order valence-corrected chi connectivity index (χ3v) is 3.43. The van der Waals surface area contributed by atoms with E-state index in [9.17, 15) is 9.90 Å². The molecule has 0 spiro atoms. The summed E-state index contributed by atoms with van der Waals surface area (Å²) in [5, 5.41) is 9.38. The Kier molecular flexibility index (Phi) is 4.72. The number of allylic oxidation sites excluding steroid dienone is 2. The Bertz CT molecular complexity index is 684. The van der Waals surface area contributed by atoms with Gasteiger partial charge in [-0.15, -0.1) is 13.2 Å². The molecule has 1 N–H and O–H groups in total. The molecular weight excluding hydrogens is 260 g/mol. The number of hydrogen-bond donors (Lipinski definition) is 1. The van der Waals surface area contributed by atoms with Gasteiger partial charge >= 0.3 is 5.97 Å². The van der Waals surface area contributed by atoms with E-state index in [1.54, 1.807) is 12.1 Å². The van der Waals surface area contributed by atoms with Gasteiger partial charge in [-0.3, -0.25) is 0 Å². The fourth-order valence-corrected chi connectivity index (χ4v) is 2.52. The van der Waals surface area contributed by atoms with Crippen molar-refractivity contribution in [2.75, 3.05) is 0 Å². The van der Waals surface area contributed by atoms with E-state index >= 15 is 0 Å². The lowest BCUT2D eigenvalue weighted by Gasteiger charge is -2.14. The number of carboxylic acid groups (broad SMARTS) is 1. The van der Waals surface area contributed by atoms with Crippen LogP contribution in [0.15, 0.2) is 67.8 Å². The molecule has 2 aromatic carbocycles. The van der Waals surface area contributed by atoms with Gasteiger partial charge in [0.25, 0.3) is 0 Å². The number of rotatable bonds is 6. The summed E-state index contributed by atoms with van der Waals surface area (Å²) in [6, 6.07) is 13.1. The average Bonchev–Trinajstić information content (AvgIpc) is 2.49. The van der Waals surface area contributed by atoms with Crippen LogP contribution < -0.4 is 0 Å². The molecule has 2 heteroatoms. The van der Waals surface area contributed by atoms with Crippen LogP contribution in [0.4, 0.5) is 0 Å². The molecule has 2 rings (SSSR count). The monoisotopic (exact) mass is 278 g/mol. The van der Waals surface area contributed by atoms with Gasteiger partial charge < -0.3 is 5.11 Å². The van der Waals surface area contributed by atoms with Crippen molar-refractivity contribution in [3.05, 3.63) is 84.5 Å². The van der Waals surface area contributed by atoms with Gasteiger partial charge in [-0.1, -0.05) is 48.6 Å². The molecule has 0 saturated heterocycles. The highest BCUT2D eigenvalue weighted by Crippen LogP contribution is 2.30. The van der Waals surface area contributed by atoms with Gasteiger partial charge in [-0.05, 0) is 41.2 Å². The maximum Gasteiger partial charge on any atom is 0.336 e. The largest absolute Gasteiger partial charge is 0.478 e. The van der Waals surface area contributed by atoms with Gasteiger partial charge in [0.2, 0.25) is 0 Å². The van der Waals surface area contributed by atoms with Crippen molar-refractivity contribution in [1.29, 1.82) is 0 Å². The van der Waals surface area contributed by atoms with Crippen molar-refractivity contribution in [1.82, 2.24) is 0 Å². The highest BCUT2D eigenvalue weighted by atomic mass is 16.4. The molecule has 0 aliphatic rings. The minimum Gasteiger partial charge on any atom is -0.478 e. The zero-order chi connectivity index (χ0) is 15.2. The summed E-state index contributed by atoms with van der Waals surface area (Å²) in [4.78, 5) is 11.4. The second-order valence-corrected chi connectivity index (χ2v) is 4.78. The molecule has 2 aromatic rings. The lowest BCUT2D eigenvalue weighted by Crippen LogP contribution is -2.02. The first kappa shape index (κ1) is 14.8. The lowest BCUT2D eigenvalue weighted by atomic mass is 9.90. The van der Waals surface area contributed by atoms with Crippen molar-refractivity contribution in [3.8, 4) is 11.1 Å². The smallest absolute Gasteiger partial charge is 0.336 e. The molecule has 0 aliphatic carbocycles. The van der Waals surface area contributed by atoms with Crippen LogP contribution in [-0.4, -0.2) is 11.1 Å². The molecule has 0 aliphatic heterocycles. The molecule has 0 bridgehead atoms. The van der Waals surface area contributed by atoms with Gasteiger partial charge in [0.05, 0.1) is 5.56 Å². The van der Waals surface area contributed by atoms with Crippen molar-refractivity contribution < 1.29 is 9.90 Å². The van der Waals surface area contributed by atoms with E-state index in [2.05, 4.69) is 13.2 Å². The van der Waals surface area contributed by atoms with E-state index in [4.69, 9.17) is 0 Å². The highest BCUT2D eigenvalue weighted by Gasteiger charge is 2.15. The van der Waals surface area contributed by atoms with Crippen molar-refractivity contribution in [2.24, 2.45) is 0 Å². The normalized spacial score (nSPS) is 10.1. The molecule has 0 radical (unpaired) electrons. The number of benzene rings is 2. The third-order valence-electron chi connectivity index (χ3n) is 3.43. The molecule has 0 atom stereocenters. The third kappa shape index (κ3) is 3.11. The molecule has 0 unspecified atom stereocenters. The van der Waals surface area contributed by atoms with Gasteiger partial charge in [-0.25, -0.2) is 4.79 Å². The Morgan fingerprint density at radius 3 is 2.29 bits per heavy atom. The quantitative estimate of drug-likeness (QED) is 0.789. The van der Waals surface area contributed by atoms with Crippen LogP contribution in [-0.2, 0) is 12.8 Å². The minimum absolute atomic E-state index is 0.318. The predicted octanol–water partition coefficient (Wildman–Crippen LogP) is 4.51. The van der Waals surface area contributed by atoms with E-state index in [1.165, 1.54) is 0 Å². The summed E-state index contributed by atoms with van der Waals surface area (Å²) in [7, 11) is 0. The average molecular weight is 278 g/mol. The Hall–Kier alpha value is -2.61. The molecule has 2 nitrogen and oxygen atoms in total. The molecule has 0 saturated carbocycles. The Morgan fingerprint density at radius 2 is 1.62 bits per heavy atom. The topological polar surface area (TPSA) is 37.3 Å². The molecule has 0 fully saturated rings. The van der Waals surface area contributed by atoms with Crippen molar-refractivity contribution in [2.45, 2.75) is 12.8 Å². The predicted molar refractivity (Wildman–Crippen MR) is 86.6 cm³/mol. The SMILES string of the molecule is C=CCc1cccc(-c2ccccc2C(=O)O)c1CC=C. The van der Waals surface area contributed by atoms with Gasteiger partial charge in [0.15, 0.2) is 0 Å². The first-order valence-corrected chi connectivity index (χ1v) is 6.84. The Labute approximate surface area is 125 Å². The summed E-state index contributed by atoms with van der Waals surface area (Å²) in [6.45, 7) is 7.59. The van der Waals surface area contributed by atoms with E-state index < -0.39 is 5.97 Å². The van der Waals surface area contributed by atoms with Crippen LogP contribution in [0, 0.1) is 0 Å². The minimum atomic E-state index is -0.913. The van der Waals surface area contributed by atoms with Crippen molar-refractivity contribution in [3.63, 3.8) is 0 Å². The molecule has 0 aromatic heterocycles. The van der Waals surface area contributed by atoms with Crippen LogP contribution in [0.3, 0.4) is 0 Å². The summed E-state index contributed by atoms with van der Waals surface area (Å²) in [5.41, 5.74) is 4.28. The van der Waals surface area contributed by atoms with Gasteiger partial charge in [0, 0.05) is 0 Å². The maximum absolute atomic E-state index is 11.4. The summed E-state index contributed by atoms with van der Waals surface area (Å²) in [5.74, 6) is -0.913. The van der Waals surface area contributed by atoms with Crippen LogP contribution in [0.25, 0.3) is 11.1 Å². The fraction of sp³-hybridized carbons (Fsp3) is 0.105. The van der Waals surface area contributed by atoms with Crippen LogP contribution in [0.5, 0.6) is 0 Å². The van der Waals surface area contributed by atoms with Crippen LogP contribution >= 0.6 is 0 Å². The standard InChI is InChI=1S/C19H18O2/c1-3-8-14-10-7-13-16(15(14)9-4-2)17-11-5-6-12-18(17)19(20)21/h3-7,10-13H,1-2,8-9H2,(H,20,21). The first-order valence-electron chi connectivity index (χ1n) is 6.84. The second-order valence-electron chi connectivity index (χ2n) is 4.78. The number of carboxylic acids is 1. The summed E-state index contributed by atoms with van der Waals surface area (Å²) in [6.07, 6.45) is 5.16.